The number of hydrogen-bond donors (Lipinski definition) is 1. The summed E-state index contributed by atoms with van der Waals surface area (Å²) in [6, 6.07) is 7.79. The zero-order chi connectivity index (χ0) is 14.8. The highest BCUT2D eigenvalue weighted by Gasteiger charge is 2.38. The number of fused-ring (bicyclic) bond motifs is 1. The molecule has 4 nitrogen and oxygen atoms in total. The fourth-order valence-corrected chi connectivity index (χ4v) is 3.68. The lowest BCUT2D eigenvalue weighted by atomic mass is 9.79. The Balaban J connectivity index is 1.65. The lowest BCUT2D eigenvalue weighted by molar-refractivity contribution is 0.0784. The number of carbonyl (C=O) groups excluding carboxylic acids is 1. The third kappa shape index (κ3) is 3.05. The Morgan fingerprint density at radius 3 is 2.67 bits per heavy atom. The Hall–Kier alpha value is -1.55. The van der Waals surface area contributed by atoms with Gasteiger partial charge in [-0.15, -0.1) is 0 Å². The molecule has 1 heterocycles. The van der Waals surface area contributed by atoms with Crippen LogP contribution in [0.25, 0.3) is 0 Å². The molecule has 2 N–H and O–H groups in total. The number of nitrogens with zero attached hydrogens (tertiary/aromatic N) is 1. The van der Waals surface area contributed by atoms with Gasteiger partial charge in [0, 0.05) is 24.7 Å². The summed E-state index contributed by atoms with van der Waals surface area (Å²) in [4.78, 5) is 14.6. The summed E-state index contributed by atoms with van der Waals surface area (Å²) in [5.74, 6) is 2.20. The van der Waals surface area contributed by atoms with E-state index in [-0.39, 0.29) is 5.91 Å². The summed E-state index contributed by atoms with van der Waals surface area (Å²) < 4.78 is 5.42. The van der Waals surface area contributed by atoms with Gasteiger partial charge in [0.2, 0.25) is 0 Å². The van der Waals surface area contributed by atoms with Crippen LogP contribution in [0.1, 0.15) is 36.5 Å². The number of nitrogens with two attached hydrogens (primary N) is 1. The molecule has 1 unspecified atom stereocenters. The minimum Gasteiger partial charge on any atom is -0.494 e. The average Bonchev–Trinajstić information content (AvgIpc) is 2.90. The van der Waals surface area contributed by atoms with Gasteiger partial charge in [-0.1, -0.05) is 0 Å². The molecule has 3 rings (SSSR count). The van der Waals surface area contributed by atoms with Crippen LogP contribution in [0.4, 0.5) is 0 Å². The van der Waals surface area contributed by atoms with Crippen molar-refractivity contribution in [2.24, 2.45) is 17.6 Å². The van der Waals surface area contributed by atoms with E-state index in [0.29, 0.717) is 24.5 Å². The third-order valence-electron chi connectivity index (χ3n) is 4.79. The van der Waals surface area contributed by atoms with Crippen molar-refractivity contribution < 1.29 is 9.53 Å². The number of rotatable bonds is 3. The van der Waals surface area contributed by atoms with Crippen LogP contribution in [0.2, 0.25) is 0 Å². The highest BCUT2D eigenvalue weighted by Crippen LogP contribution is 2.36. The maximum Gasteiger partial charge on any atom is 0.253 e. The monoisotopic (exact) mass is 288 g/mol. The topological polar surface area (TPSA) is 55.6 Å². The molecule has 21 heavy (non-hydrogen) atoms. The number of amides is 1. The molecule has 0 spiro atoms. The normalized spacial score (nSPS) is 28.3. The summed E-state index contributed by atoms with van der Waals surface area (Å²) in [7, 11) is 0. The average molecular weight is 288 g/mol. The van der Waals surface area contributed by atoms with Crippen molar-refractivity contribution >= 4 is 5.91 Å². The van der Waals surface area contributed by atoms with E-state index in [1.165, 1.54) is 6.42 Å². The molecule has 114 valence electrons. The zero-order valence-corrected chi connectivity index (χ0v) is 12.6. The Bertz CT molecular complexity index is 500. The van der Waals surface area contributed by atoms with Crippen molar-refractivity contribution in [2.75, 3.05) is 19.7 Å². The number of carbonyl (C=O) groups is 1. The van der Waals surface area contributed by atoms with Crippen molar-refractivity contribution in [3.63, 3.8) is 0 Å². The van der Waals surface area contributed by atoms with E-state index in [2.05, 4.69) is 0 Å². The van der Waals surface area contributed by atoms with E-state index < -0.39 is 0 Å². The molecule has 1 amide bonds. The number of hydrogen-bond acceptors (Lipinski definition) is 3. The third-order valence-corrected chi connectivity index (χ3v) is 4.79. The molecular weight excluding hydrogens is 264 g/mol. The molecule has 3 atom stereocenters. The fraction of sp³-hybridized carbons (Fsp3) is 0.588. The van der Waals surface area contributed by atoms with Gasteiger partial charge in [-0.05, 0) is 62.3 Å². The first-order chi connectivity index (χ1) is 10.2. The quantitative estimate of drug-likeness (QED) is 0.928. The van der Waals surface area contributed by atoms with Gasteiger partial charge in [0.25, 0.3) is 5.91 Å². The second kappa shape index (κ2) is 6.06. The number of benzene rings is 1. The van der Waals surface area contributed by atoms with Crippen molar-refractivity contribution in [2.45, 2.75) is 32.2 Å². The first-order valence-electron chi connectivity index (χ1n) is 7.95. The van der Waals surface area contributed by atoms with E-state index in [1.54, 1.807) is 0 Å². The molecule has 0 aromatic heterocycles. The van der Waals surface area contributed by atoms with Crippen LogP contribution in [-0.2, 0) is 0 Å². The maximum absolute atomic E-state index is 12.6. The molecule has 1 aromatic rings. The molecular formula is C17H24N2O2. The van der Waals surface area contributed by atoms with Gasteiger partial charge < -0.3 is 15.4 Å². The smallest absolute Gasteiger partial charge is 0.253 e. The molecule has 1 saturated carbocycles. The van der Waals surface area contributed by atoms with Crippen LogP contribution in [0.5, 0.6) is 5.75 Å². The van der Waals surface area contributed by atoms with Crippen LogP contribution in [0, 0.1) is 11.8 Å². The van der Waals surface area contributed by atoms with Crippen molar-refractivity contribution in [1.29, 1.82) is 0 Å². The largest absolute Gasteiger partial charge is 0.494 e. The predicted molar refractivity (Wildman–Crippen MR) is 82.3 cm³/mol. The van der Waals surface area contributed by atoms with Crippen LogP contribution in [0.15, 0.2) is 24.3 Å². The Morgan fingerprint density at radius 1 is 1.24 bits per heavy atom. The minimum absolute atomic E-state index is 0.140. The van der Waals surface area contributed by atoms with E-state index >= 15 is 0 Å². The summed E-state index contributed by atoms with van der Waals surface area (Å²) in [6.45, 7) is 4.35. The van der Waals surface area contributed by atoms with Gasteiger partial charge in [0.15, 0.2) is 0 Å². The maximum atomic E-state index is 12.6. The van der Waals surface area contributed by atoms with Crippen LogP contribution in [-0.4, -0.2) is 36.5 Å². The fourth-order valence-electron chi connectivity index (χ4n) is 3.68. The second-order valence-electron chi connectivity index (χ2n) is 6.26. The van der Waals surface area contributed by atoms with Crippen molar-refractivity contribution in [3.05, 3.63) is 29.8 Å². The molecule has 1 aromatic carbocycles. The van der Waals surface area contributed by atoms with Gasteiger partial charge in [-0.3, -0.25) is 4.79 Å². The van der Waals surface area contributed by atoms with Gasteiger partial charge in [0.05, 0.1) is 6.61 Å². The Labute approximate surface area is 126 Å². The summed E-state index contributed by atoms with van der Waals surface area (Å²) >= 11 is 0. The number of ether oxygens (including phenoxy) is 1. The summed E-state index contributed by atoms with van der Waals surface area (Å²) in [5, 5.41) is 0. The lowest BCUT2D eigenvalue weighted by Gasteiger charge is -2.27. The van der Waals surface area contributed by atoms with E-state index in [9.17, 15) is 4.79 Å². The SMILES string of the molecule is CCOc1ccc(C(=O)N2C[C@H]3CCC(N)C[C@H]3C2)cc1. The first kappa shape index (κ1) is 14.4. The van der Waals surface area contributed by atoms with Crippen LogP contribution >= 0.6 is 0 Å². The minimum atomic E-state index is 0.140. The van der Waals surface area contributed by atoms with Gasteiger partial charge in [-0.25, -0.2) is 0 Å². The van der Waals surface area contributed by atoms with Gasteiger partial charge >= 0.3 is 0 Å². The standard InChI is InChI=1S/C17H24N2O2/c1-2-21-16-7-4-12(5-8-16)17(20)19-10-13-3-6-15(18)9-14(13)11-19/h4-5,7-8,13-15H,2-3,6,9-11,18H2,1H3/t13-,14+,15?/m1/s1. The molecule has 1 saturated heterocycles. The summed E-state index contributed by atoms with van der Waals surface area (Å²) in [6.07, 6.45) is 3.34. The second-order valence-corrected chi connectivity index (χ2v) is 6.26. The predicted octanol–water partition coefficient (Wildman–Crippen LogP) is 2.28. The molecule has 1 aliphatic heterocycles. The zero-order valence-electron chi connectivity index (χ0n) is 12.6. The highest BCUT2D eigenvalue weighted by atomic mass is 16.5. The lowest BCUT2D eigenvalue weighted by Crippen LogP contribution is -2.32. The molecule has 2 aliphatic rings. The molecule has 0 radical (unpaired) electrons. The van der Waals surface area contributed by atoms with Crippen LogP contribution in [0.3, 0.4) is 0 Å². The Kier molecular flexibility index (Phi) is 4.15. The molecule has 2 fully saturated rings. The van der Waals surface area contributed by atoms with Gasteiger partial charge in [0.1, 0.15) is 5.75 Å². The first-order valence-corrected chi connectivity index (χ1v) is 7.95. The van der Waals surface area contributed by atoms with Crippen molar-refractivity contribution in [3.8, 4) is 5.75 Å². The van der Waals surface area contributed by atoms with E-state index in [1.807, 2.05) is 36.1 Å². The molecule has 1 aliphatic carbocycles. The highest BCUT2D eigenvalue weighted by molar-refractivity contribution is 5.94. The van der Waals surface area contributed by atoms with Crippen LogP contribution < -0.4 is 10.5 Å². The van der Waals surface area contributed by atoms with Gasteiger partial charge in [-0.2, -0.15) is 0 Å². The number of likely N-dealkylation sites (tertiary alicyclic amines) is 1. The molecule has 0 bridgehead atoms. The van der Waals surface area contributed by atoms with E-state index in [4.69, 9.17) is 10.5 Å². The summed E-state index contributed by atoms with van der Waals surface area (Å²) in [5.41, 5.74) is 6.80. The van der Waals surface area contributed by atoms with Crippen molar-refractivity contribution in [1.82, 2.24) is 4.90 Å². The van der Waals surface area contributed by atoms with E-state index in [0.717, 1.165) is 37.2 Å². The molecule has 4 heteroatoms. The Morgan fingerprint density at radius 2 is 1.95 bits per heavy atom.